The van der Waals surface area contributed by atoms with E-state index in [9.17, 15) is 4.79 Å². The Bertz CT molecular complexity index is 128. The molecule has 1 aliphatic carbocycles. The zero-order valence-electron chi connectivity index (χ0n) is 7.23. The third-order valence-electron chi connectivity index (χ3n) is 2.67. The summed E-state index contributed by atoms with van der Waals surface area (Å²) < 4.78 is 0. The second-order valence-electron chi connectivity index (χ2n) is 3.87. The van der Waals surface area contributed by atoms with Crippen molar-refractivity contribution in [2.75, 3.05) is 6.54 Å². The molecule has 1 fully saturated rings. The average Bonchev–Trinajstić information content (AvgIpc) is 2.03. The lowest BCUT2D eigenvalue weighted by molar-refractivity contribution is -0.110. The molecule has 0 unspecified atom stereocenters. The molecule has 0 spiro atoms. The Labute approximate surface area is 68.4 Å². The lowest BCUT2D eigenvalue weighted by Gasteiger charge is -2.32. The Morgan fingerprint density at radius 2 is 2.00 bits per heavy atom. The first-order valence-electron chi connectivity index (χ1n) is 4.44. The Balaban J connectivity index is 2.30. The molecule has 0 saturated heterocycles. The highest BCUT2D eigenvalue weighted by Gasteiger charge is 2.25. The third-order valence-corrected chi connectivity index (χ3v) is 2.67. The Hall–Kier alpha value is -0.530. The smallest absolute Gasteiger partial charge is 0.207 e. The quantitative estimate of drug-likeness (QED) is 0.617. The van der Waals surface area contributed by atoms with Crippen molar-refractivity contribution in [2.24, 2.45) is 5.41 Å². The van der Waals surface area contributed by atoms with Gasteiger partial charge in [0, 0.05) is 6.54 Å². The Morgan fingerprint density at radius 3 is 2.55 bits per heavy atom. The molecule has 64 valence electrons. The highest BCUT2D eigenvalue weighted by Crippen LogP contribution is 2.34. The van der Waals surface area contributed by atoms with Gasteiger partial charge in [0.05, 0.1) is 0 Å². The van der Waals surface area contributed by atoms with Crippen LogP contribution in [0.1, 0.15) is 39.0 Å². The van der Waals surface area contributed by atoms with Gasteiger partial charge in [0.25, 0.3) is 0 Å². The number of carbonyl (C=O) groups excluding carboxylic acids is 1. The van der Waals surface area contributed by atoms with Gasteiger partial charge in [-0.2, -0.15) is 0 Å². The molecule has 0 bridgehead atoms. The van der Waals surface area contributed by atoms with Gasteiger partial charge in [-0.25, -0.2) is 0 Å². The molecule has 0 aromatic heterocycles. The maximum atomic E-state index is 10.1. The Morgan fingerprint density at radius 1 is 1.36 bits per heavy atom. The number of rotatable bonds is 3. The van der Waals surface area contributed by atoms with Gasteiger partial charge < -0.3 is 5.32 Å². The van der Waals surface area contributed by atoms with Gasteiger partial charge in [-0.05, 0) is 18.3 Å². The summed E-state index contributed by atoms with van der Waals surface area (Å²) in [6, 6.07) is 0. The lowest BCUT2D eigenvalue weighted by atomic mass is 9.76. The standard InChI is InChI=1S/C9H17NO/c1-9(7-10-8-11)5-3-2-4-6-9/h8H,2-7H2,1H3,(H,10,11). The number of carbonyl (C=O) groups is 1. The van der Waals surface area contributed by atoms with E-state index >= 15 is 0 Å². The van der Waals surface area contributed by atoms with Crippen molar-refractivity contribution in [1.82, 2.24) is 5.32 Å². The molecule has 1 saturated carbocycles. The predicted molar refractivity (Wildman–Crippen MR) is 45.3 cm³/mol. The van der Waals surface area contributed by atoms with Crippen LogP contribution >= 0.6 is 0 Å². The van der Waals surface area contributed by atoms with E-state index in [4.69, 9.17) is 0 Å². The topological polar surface area (TPSA) is 29.1 Å². The summed E-state index contributed by atoms with van der Waals surface area (Å²) in [6.07, 6.45) is 7.38. The minimum Gasteiger partial charge on any atom is -0.358 e. The fourth-order valence-electron chi connectivity index (χ4n) is 1.87. The molecule has 1 rings (SSSR count). The highest BCUT2D eigenvalue weighted by molar-refractivity contribution is 5.45. The van der Waals surface area contributed by atoms with Crippen LogP contribution in [0.15, 0.2) is 0 Å². The molecule has 0 aromatic rings. The van der Waals surface area contributed by atoms with E-state index in [1.165, 1.54) is 32.1 Å². The maximum Gasteiger partial charge on any atom is 0.207 e. The predicted octanol–water partition coefficient (Wildman–Crippen LogP) is 1.70. The van der Waals surface area contributed by atoms with E-state index in [0.717, 1.165) is 13.0 Å². The van der Waals surface area contributed by atoms with Crippen LogP contribution in [0.2, 0.25) is 0 Å². The van der Waals surface area contributed by atoms with Crippen molar-refractivity contribution < 1.29 is 4.79 Å². The monoisotopic (exact) mass is 155 g/mol. The summed E-state index contributed by atoms with van der Waals surface area (Å²) in [5.74, 6) is 0. The average molecular weight is 155 g/mol. The molecular formula is C9H17NO. The van der Waals surface area contributed by atoms with Gasteiger partial charge in [-0.3, -0.25) is 4.79 Å². The van der Waals surface area contributed by atoms with Crippen LogP contribution in [0.25, 0.3) is 0 Å². The van der Waals surface area contributed by atoms with Crippen LogP contribution in [0, 0.1) is 5.41 Å². The second kappa shape index (κ2) is 3.74. The van der Waals surface area contributed by atoms with Gasteiger partial charge in [0.15, 0.2) is 0 Å². The fraction of sp³-hybridized carbons (Fsp3) is 0.889. The van der Waals surface area contributed by atoms with Crippen LogP contribution in [-0.4, -0.2) is 13.0 Å². The molecule has 1 amide bonds. The number of hydrogen-bond acceptors (Lipinski definition) is 1. The van der Waals surface area contributed by atoms with Gasteiger partial charge in [-0.1, -0.05) is 26.2 Å². The summed E-state index contributed by atoms with van der Waals surface area (Å²) in [7, 11) is 0. The molecule has 0 aromatic carbocycles. The minimum absolute atomic E-state index is 0.388. The first kappa shape index (κ1) is 8.57. The Kier molecular flexibility index (Phi) is 2.92. The zero-order chi connectivity index (χ0) is 8.16. The van der Waals surface area contributed by atoms with Crippen LogP contribution in [-0.2, 0) is 4.79 Å². The molecule has 2 nitrogen and oxygen atoms in total. The van der Waals surface area contributed by atoms with Gasteiger partial charge in [-0.15, -0.1) is 0 Å². The van der Waals surface area contributed by atoms with E-state index < -0.39 is 0 Å². The summed E-state index contributed by atoms with van der Waals surface area (Å²) in [4.78, 5) is 10.1. The maximum absolute atomic E-state index is 10.1. The molecular weight excluding hydrogens is 138 g/mol. The molecule has 11 heavy (non-hydrogen) atoms. The summed E-state index contributed by atoms with van der Waals surface area (Å²) in [6.45, 7) is 3.12. The first-order valence-corrected chi connectivity index (χ1v) is 4.44. The lowest BCUT2D eigenvalue weighted by Crippen LogP contribution is -2.32. The van der Waals surface area contributed by atoms with E-state index in [2.05, 4.69) is 12.2 Å². The molecule has 0 atom stereocenters. The third kappa shape index (κ3) is 2.52. The summed E-state index contributed by atoms with van der Waals surface area (Å²) >= 11 is 0. The van der Waals surface area contributed by atoms with Crippen LogP contribution in [0.4, 0.5) is 0 Å². The van der Waals surface area contributed by atoms with E-state index in [0.29, 0.717) is 5.41 Å². The number of hydrogen-bond donors (Lipinski definition) is 1. The fourth-order valence-corrected chi connectivity index (χ4v) is 1.87. The van der Waals surface area contributed by atoms with Crippen molar-refractivity contribution >= 4 is 6.41 Å². The number of amides is 1. The van der Waals surface area contributed by atoms with Crippen molar-refractivity contribution in [1.29, 1.82) is 0 Å². The molecule has 2 heteroatoms. The van der Waals surface area contributed by atoms with Gasteiger partial charge in [0.2, 0.25) is 6.41 Å². The molecule has 0 radical (unpaired) electrons. The summed E-state index contributed by atoms with van der Waals surface area (Å²) in [5.41, 5.74) is 0.388. The van der Waals surface area contributed by atoms with E-state index in [1.54, 1.807) is 0 Å². The first-order chi connectivity index (χ1) is 5.27. The molecule has 1 N–H and O–H groups in total. The van der Waals surface area contributed by atoms with E-state index in [-0.39, 0.29) is 0 Å². The van der Waals surface area contributed by atoms with Crippen molar-refractivity contribution in [2.45, 2.75) is 39.0 Å². The van der Waals surface area contributed by atoms with Crippen molar-refractivity contribution in [3.8, 4) is 0 Å². The normalized spacial score (nSPS) is 22.6. The van der Waals surface area contributed by atoms with Crippen molar-refractivity contribution in [3.05, 3.63) is 0 Å². The molecule has 1 aliphatic rings. The highest BCUT2D eigenvalue weighted by atomic mass is 16.1. The summed E-state index contributed by atoms with van der Waals surface area (Å²) in [5, 5.41) is 2.78. The van der Waals surface area contributed by atoms with Crippen LogP contribution in [0.3, 0.4) is 0 Å². The number of nitrogens with one attached hydrogen (secondary N) is 1. The molecule has 0 heterocycles. The minimum atomic E-state index is 0.388. The van der Waals surface area contributed by atoms with Gasteiger partial charge >= 0.3 is 0 Å². The van der Waals surface area contributed by atoms with Crippen LogP contribution in [0.5, 0.6) is 0 Å². The largest absolute Gasteiger partial charge is 0.358 e. The van der Waals surface area contributed by atoms with Gasteiger partial charge in [0.1, 0.15) is 0 Å². The molecule has 0 aliphatic heterocycles. The second-order valence-corrected chi connectivity index (χ2v) is 3.87. The zero-order valence-corrected chi connectivity index (χ0v) is 7.23. The SMILES string of the molecule is CC1(CNC=O)CCCCC1. The van der Waals surface area contributed by atoms with Crippen LogP contribution < -0.4 is 5.32 Å². The van der Waals surface area contributed by atoms with Crippen molar-refractivity contribution in [3.63, 3.8) is 0 Å². The van der Waals surface area contributed by atoms with E-state index in [1.807, 2.05) is 0 Å².